The number of likely N-dealkylation sites (tertiary alicyclic amines) is 1. The van der Waals surface area contributed by atoms with Crippen LogP contribution in [0, 0.1) is 23.2 Å². The van der Waals surface area contributed by atoms with E-state index in [0.29, 0.717) is 18.5 Å². The third kappa shape index (κ3) is 5.17. The normalized spacial score (nSPS) is 27.9. The highest BCUT2D eigenvalue weighted by atomic mass is 16.4. The molecule has 2 aliphatic rings. The molecule has 0 aromatic heterocycles. The summed E-state index contributed by atoms with van der Waals surface area (Å²) in [6, 6.07) is 2.62. The van der Waals surface area contributed by atoms with Gasteiger partial charge >= 0.3 is 5.97 Å². The fourth-order valence-electron chi connectivity index (χ4n) is 2.87. The Morgan fingerprint density at radius 1 is 1.37 bits per heavy atom. The average Bonchev–Trinajstić information content (AvgIpc) is 3.18. The SMILES string of the molecule is N#CCN1CC(CCC(=O)O)CC(NCC2CC2)C1. The molecule has 0 aromatic rings. The van der Waals surface area contributed by atoms with Gasteiger partial charge in [0.05, 0.1) is 12.6 Å². The summed E-state index contributed by atoms with van der Waals surface area (Å²) in [5, 5.41) is 21.2. The first-order chi connectivity index (χ1) is 9.17. The van der Waals surface area contributed by atoms with Gasteiger partial charge in [-0.1, -0.05) is 0 Å². The third-order valence-electron chi connectivity index (χ3n) is 4.07. The van der Waals surface area contributed by atoms with Crippen LogP contribution in [-0.2, 0) is 4.79 Å². The Balaban J connectivity index is 1.80. The molecule has 2 fully saturated rings. The van der Waals surface area contributed by atoms with Crippen LogP contribution in [0.15, 0.2) is 0 Å². The number of rotatable bonds is 7. The van der Waals surface area contributed by atoms with E-state index in [1.54, 1.807) is 0 Å². The van der Waals surface area contributed by atoms with Gasteiger partial charge in [-0.2, -0.15) is 5.26 Å². The van der Waals surface area contributed by atoms with E-state index >= 15 is 0 Å². The molecule has 0 bridgehead atoms. The van der Waals surface area contributed by atoms with Crippen molar-refractivity contribution in [1.82, 2.24) is 10.2 Å². The van der Waals surface area contributed by atoms with Gasteiger partial charge in [-0.25, -0.2) is 0 Å². The molecule has 1 heterocycles. The van der Waals surface area contributed by atoms with Crippen LogP contribution in [0.25, 0.3) is 0 Å². The number of carboxylic acids is 1. The second-order valence-corrected chi connectivity index (χ2v) is 5.93. The number of carboxylic acid groups (broad SMARTS) is 1. The van der Waals surface area contributed by atoms with Gasteiger partial charge in [0.25, 0.3) is 0 Å². The lowest BCUT2D eigenvalue weighted by molar-refractivity contribution is -0.137. The number of aliphatic carboxylic acids is 1. The minimum absolute atomic E-state index is 0.237. The molecule has 1 saturated heterocycles. The van der Waals surface area contributed by atoms with Crippen LogP contribution in [0.3, 0.4) is 0 Å². The summed E-state index contributed by atoms with van der Waals surface area (Å²) in [5.74, 6) is 0.526. The first kappa shape index (κ1) is 14.3. The Kier molecular flexibility index (Phi) is 5.17. The van der Waals surface area contributed by atoms with Gasteiger partial charge in [0.1, 0.15) is 0 Å². The van der Waals surface area contributed by atoms with Crippen molar-refractivity contribution in [1.29, 1.82) is 5.26 Å². The number of carbonyl (C=O) groups is 1. The van der Waals surface area contributed by atoms with Crippen molar-refractivity contribution in [2.45, 2.75) is 38.1 Å². The van der Waals surface area contributed by atoms with Crippen LogP contribution < -0.4 is 5.32 Å². The summed E-state index contributed by atoms with van der Waals surface area (Å²) in [6.45, 7) is 3.31. The van der Waals surface area contributed by atoms with Crippen molar-refractivity contribution in [3.8, 4) is 6.07 Å². The van der Waals surface area contributed by atoms with Crippen LogP contribution in [0.4, 0.5) is 0 Å². The van der Waals surface area contributed by atoms with Crippen molar-refractivity contribution in [3.05, 3.63) is 0 Å². The number of hydrogen-bond donors (Lipinski definition) is 2. The smallest absolute Gasteiger partial charge is 0.303 e. The molecule has 0 spiro atoms. The molecule has 1 saturated carbocycles. The second kappa shape index (κ2) is 6.88. The molecule has 106 valence electrons. The van der Waals surface area contributed by atoms with E-state index < -0.39 is 5.97 Å². The first-order valence-electron chi connectivity index (χ1n) is 7.22. The molecule has 0 amide bonds. The van der Waals surface area contributed by atoms with Crippen LogP contribution in [-0.4, -0.2) is 48.2 Å². The maximum Gasteiger partial charge on any atom is 0.303 e. The predicted octanol–water partition coefficient (Wildman–Crippen LogP) is 1.06. The number of piperidine rings is 1. The lowest BCUT2D eigenvalue weighted by atomic mass is 9.90. The molecule has 2 N–H and O–H groups in total. The van der Waals surface area contributed by atoms with E-state index in [0.717, 1.165) is 38.4 Å². The van der Waals surface area contributed by atoms with Gasteiger partial charge in [0.2, 0.25) is 0 Å². The minimum atomic E-state index is -0.722. The number of nitriles is 1. The zero-order valence-corrected chi connectivity index (χ0v) is 11.3. The third-order valence-corrected chi connectivity index (χ3v) is 4.07. The molecule has 0 radical (unpaired) electrons. The highest BCUT2D eigenvalue weighted by molar-refractivity contribution is 5.66. The van der Waals surface area contributed by atoms with E-state index in [9.17, 15) is 4.79 Å². The minimum Gasteiger partial charge on any atom is -0.481 e. The van der Waals surface area contributed by atoms with Gasteiger partial charge < -0.3 is 10.4 Å². The summed E-state index contributed by atoms with van der Waals surface area (Å²) in [5.41, 5.74) is 0. The average molecular weight is 265 g/mol. The van der Waals surface area contributed by atoms with E-state index in [1.807, 2.05) is 0 Å². The number of nitrogens with one attached hydrogen (secondary N) is 1. The standard InChI is InChI=1S/C14H23N3O2/c15-5-6-17-9-12(3-4-14(18)19)7-13(10-17)16-8-11-1-2-11/h11-13,16H,1-4,6-10H2,(H,18,19). The monoisotopic (exact) mass is 265 g/mol. The van der Waals surface area contributed by atoms with Crippen LogP contribution >= 0.6 is 0 Å². The summed E-state index contributed by atoms with van der Waals surface area (Å²) >= 11 is 0. The largest absolute Gasteiger partial charge is 0.481 e. The molecule has 1 aliphatic carbocycles. The van der Waals surface area contributed by atoms with Gasteiger partial charge in [0, 0.05) is 25.6 Å². The molecule has 0 aromatic carbocycles. The molecule has 5 heteroatoms. The molecule has 5 nitrogen and oxygen atoms in total. The Morgan fingerprint density at radius 2 is 2.16 bits per heavy atom. The maximum atomic E-state index is 10.7. The summed E-state index contributed by atoms with van der Waals surface area (Å²) in [4.78, 5) is 12.8. The van der Waals surface area contributed by atoms with Crippen LogP contribution in [0.5, 0.6) is 0 Å². The molecule has 2 unspecified atom stereocenters. The number of hydrogen-bond acceptors (Lipinski definition) is 4. The predicted molar refractivity (Wildman–Crippen MR) is 71.5 cm³/mol. The molecular formula is C14H23N3O2. The second-order valence-electron chi connectivity index (χ2n) is 5.93. The highest BCUT2D eigenvalue weighted by Gasteiger charge is 2.29. The van der Waals surface area contributed by atoms with Crippen LogP contribution in [0.1, 0.15) is 32.1 Å². The summed E-state index contributed by atoms with van der Waals surface area (Å²) < 4.78 is 0. The zero-order valence-electron chi connectivity index (χ0n) is 11.3. The lowest BCUT2D eigenvalue weighted by Gasteiger charge is -2.37. The molecule has 1 aliphatic heterocycles. The van der Waals surface area contributed by atoms with Crippen molar-refractivity contribution in [3.63, 3.8) is 0 Å². The van der Waals surface area contributed by atoms with E-state index in [1.165, 1.54) is 12.8 Å². The van der Waals surface area contributed by atoms with E-state index in [-0.39, 0.29) is 6.42 Å². The zero-order chi connectivity index (χ0) is 13.7. The Morgan fingerprint density at radius 3 is 2.79 bits per heavy atom. The van der Waals surface area contributed by atoms with Crippen molar-refractivity contribution >= 4 is 5.97 Å². The van der Waals surface area contributed by atoms with E-state index in [2.05, 4.69) is 16.3 Å². The Bertz CT molecular complexity index is 349. The molecular weight excluding hydrogens is 242 g/mol. The van der Waals surface area contributed by atoms with Crippen molar-refractivity contribution < 1.29 is 9.90 Å². The van der Waals surface area contributed by atoms with Crippen LogP contribution in [0.2, 0.25) is 0 Å². The summed E-state index contributed by atoms with van der Waals surface area (Å²) in [6.07, 6.45) is 4.68. The van der Waals surface area contributed by atoms with Gasteiger partial charge in [-0.15, -0.1) is 0 Å². The van der Waals surface area contributed by atoms with E-state index in [4.69, 9.17) is 10.4 Å². The fraction of sp³-hybridized carbons (Fsp3) is 0.857. The van der Waals surface area contributed by atoms with Gasteiger partial charge in [0.15, 0.2) is 0 Å². The number of nitrogens with zero attached hydrogens (tertiary/aromatic N) is 2. The Labute approximate surface area is 114 Å². The molecule has 2 atom stereocenters. The summed E-state index contributed by atoms with van der Waals surface area (Å²) in [7, 11) is 0. The fourth-order valence-corrected chi connectivity index (χ4v) is 2.87. The quantitative estimate of drug-likeness (QED) is 0.673. The highest BCUT2D eigenvalue weighted by Crippen LogP contribution is 2.28. The maximum absolute atomic E-state index is 10.7. The van der Waals surface area contributed by atoms with Crippen molar-refractivity contribution in [2.24, 2.45) is 11.8 Å². The van der Waals surface area contributed by atoms with Gasteiger partial charge in [-0.05, 0) is 44.1 Å². The lowest BCUT2D eigenvalue weighted by Crippen LogP contribution is -2.49. The van der Waals surface area contributed by atoms with Crippen molar-refractivity contribution in [2.75, 3.05) is 26.2 Å². The molecule has 19 heavy (non-hydrogen) atoms. The Hall–Kier alpha value is -1.12. The first-order valence-corrected chi connectivity index (χ1v) is 7.22. The molecule has 2 rings (SSSR count). The topological polar surface area (TPSA) is 76.4 Å². The van der Waals surface area contributed by atoms with Gasteiger partial charge in [-0.3, -0.25) is 9.69 Å².